The Morgan fingerprint density at radius 1 is 1.24 bits per heavy atom. The lowest BCUT2D eigenvalue weighted by molar-refractivity contribution is 0.438. The van der Waals surface area contributed by atoms with E-state index in [0.29, 0.717) is 22.8 Å². The van der Waals surface area contributed by atoms with Gasteiger partial charge in [0.25, 0.3) is 0 Å². The minimum absolute atomic E-state index is 0.397. The van der Waals surface area contributed by atoms with Gasteiger partial charge in [-0.2, -0.15) is 0 Å². The van der Waals surface area contributed by atoms with Gasteiger partial charge in [0.1, 0.15) is 0 Å². The Bertz CT molecular complexity index is 423. The van der Waals surface area contributed by atoms with Crippen molar-refractivity contribution in [2.75, 3.05) is 7.05 Å². The summed E-state index contributed by atoms with van der Waals surface area (Å²) in [5.74, 6) is 0.679. The first-order valence-electron chi connectivity index (χ1n) is 5.85. The van der Waals surface area contributed by atoms with E-state index in [4.69, 9.17) is 0 Å². The van der Waals surface area contributed by atoms with E-state index in [1.54, 1.807) is 11.3 Å². The highest BCUT2D eigenvalue weighted by atomic mass is 79.9. The topological polar surface area (TPSA) is 12.0 Å². The number of thiophene rings is 1. The first-order chi connectivity index (χ1) is 7.73. The Labute approximate surface area is 125 Å². The fourth-order valence-electron chi connectivity index (χ4n) is 3.15. The van der Waals surface area contributed by atoms with E-state index in [9.17, 15) is 0 Å². The quantitative estimate of drug-likeness (QED) is 0.758. The average Bonchev–Trinajstić information content (AvgIpc) is 2.50. The third kappa shape index (κ3) is 2.05. The maximum atomic E-state index is 3.68. The van der Waals surface area contributed by atoms with Crippen molar-refractivity contribution in [1.82, 2.24) is 5.32 Å². The fourth-order valence-corrected chi connectivity index (χ4v) is 6.08. The molecule has 0 saturated heterocycles. The normalized spacial score (nSPS) is 23.7. The molecule has 1 unspecified atom stereocenters. The fraction of sp³-hybridized carbons (Fsp3) is 0.692. The number of hydrogen-bond acceptors (Lipinski definition) is 2. The zero-order valence-electron chi connectivity index (χ0n) is 10.9. The largest absolute Gasteiger partial charge is 0.313 e. The summed E-state index contributed by atoms with van der Waals surface area (Å²) in [5, 5.41) is 3.50. The van der Waals surface area contributed by atoms with E-state index in [1.165, 1.54) is 13.1 Å². The van der Waals surface area contributed by atoms with Gasteiger partial charge in [-0.05, 0) is 67.3 Å². The smallest absolute Gasteiger partial charge is 0.0758 e. The molecule has 2 rings (SSSR count). The lowest BCUT2D eigenvalue weighted by Gasteiger charge is -2.18. The Morgan fingerprint density at radius 3 is 2.06 bits per heavy atom. The highest BCUT2D eigenvalue weighted by Crippen LogP contribution is 2.72. The van der Waals surface area contributed by atoms with Crippen molar-refractivity contribution in [1.29, 1.82) is 0 Å². The number of hydrogen-bond donors (Lipinski definition) is 1. The van der Waals surface area contributed by atoms with E-state index in [0.717, 1.165) is 0 Å². The number of rotatable bonds is 3. The van der Waals surface area contributed by atoms with Crippen LogP contribution in [0, 0.1) is 16.7 Å². The molecule has 1 saturated carbocycles. The molecular weight excluding hydrogens is 362 g/mol. The van der Waals surface area contributed by atoms with Crippen molar-refractivity contribution in [3.8, 4) is 0 Å². The molecule has 1 aliphatic rings. The maximum Gasteiger partial charge on any atom is 0.0758 e. The molecule has 1 N–H and O–H groups in total. The Morgan fingerprint density at radius 2 is 1.76 bits per heavy atom. The van der Waals surface area contributed by atoms with Crippen molar-refractivity contribution in [2.45, 2.75) is 33.7 Å². The maximum absolute atomic E-state index is 3.68. The number of nitrogens with one attached hydrogen (secondary N) is 1. The molecule has 0 bridgehead atoms. The summed E-state index contributed by atoms with van der Waals surface area (Å²) < 4.78 is 2.43. The minimum Gasteiger partial charge on any atom is -0.313 e. The van der Waals surface area contributed by atoms with Crippen molar-refractivity contribution >= 4 is 43.2 Å². The van der Waals surface area contributed by atoms with E-state index < -0.39 is 0 Å². The molecular formula is C13H19Br2NS. The minimum atomic E-state index is 0.397. The molecule has 0 aromatic carbocycles. The molecule has 96 valence electrons. The highest BCUT2D eigenvalue weighted by molar-refractivity contribution is 9.12. The first kappa shape index (κ1) is 14.0. The van der Waals surface area contributed by atoms with Crippen LogP contribution in [-0.4, -0.2) is 7.05 Å². The molecule has 1 heterocycles. The molecule has 0 spiro atoms. The van der Waals surface area contributed by atoms with Crippen molar-refractivity contribution in [3.63, 3.8) is 0 Å². The summed E-state index contributed by atoms with van der Waals surface area (Å²) >= 11 is 9.00. The van der Waals surface area contributed by atoms with Crippen LogP contribution in [0.1, 0.15) is 39.3 Å². The molecule has 1 aromatic heterocycles. The molecule has 1 nitrogen and oxygen atoms in total. The van der Waals surface area contributed by atoms with E-state index in [1.807, 2.05) is 0 Å². The summed E-state index contributed by atoms with van der Waals surface area (Å²) in [7, 11) is 2.06. The van der Waals surface area contributed by atoms with Crippen molar-refractivity contribution < 1.29 is 0 Å². The van der Waals surface area contributed by atoms with Gasteiger partial charge in [0.2, 0.25) is 0 Å². The molecule has 1 atom stereocenters. The van der Waals surface area contributed by atoms with Crippen LogP contribution in [0.4, 0.5) is 0 Å². The average molecular weight is 381 g/mol. The first-order valence-corrected chi connectivity index (χ1v) is 8.25. The molecule has 0 radical (unpaired) electrons. The van der Waals surface area contributed by atoms with Crippen LogP contribution in [0.3, 0.4) is 0 Å². The van der Waals surface area contributed by atoms with Gasteiger partial charge in [0, 0.05) is 6.04 Å². The van der Waals surface area contributed by atoms with Gasteiger partial charge in [-0.3, -0.25) is 0 Å². The second-order valence-electron chi connectivity index (χ2n) is 5.97. The molecule has 17 heavy (non-hydrogen) atoms. The van der Waals surface area contributed by atoms with Crippen molar-refractivity contribution in [3.05, 3.63) is 19.2 Å². The van der Waals surface area contributed by atoms with Crippen LogP contribution in [0.2, 0.25) is 0 Å². The lowest BCUT2D eigenvalue weighted by Crippen LogP contribution is -2.21. The third-order valence-corrected chi connectivity index (χ3v) is 7.18. The van der Waals surface area contributed by atoms with Crippen LogP contribution in [0.15, 0.2) is 13.6 Å². The zero-order valence-corrected chi connectivity index (χ0v) is 14.9. The standard InChI is InChI=1S/C13H19Br2NS/c1-12(2)10(13(12,3)4)9(16-5)7-6-8(14)17-11(7)15/h6,9-10,16H,1-5H3. The van der Waals surface area contributed by atoms with Crippen LogP contribution in [-0.2, 0) is 0 Å². The van der Waals surface area contributed by atoms with Gasteiger partial charge in [-0.25, -0.2) is 0 Å². The highest BCUT2D eigenvalue weighted by Gasteiger charge is 2.67. The number of halogens is 2. The summed E-state index contributed by atoms with van der Waals surface area (Å²) in [6, 6.07) is 2.66. The summed E-state index contributed by atoms with van der Waals surface area (Å²) in [5.41, 5.74) is 2.18. The van der Waals surface area contributed by atoms with Crippen LogP contribution in [0.25, 0.3) is 0 Å². The second-order valence-corrected chi connectivity index (χ2v) is 9.72. The molecule has 1 fully saturated rings. The van der Waals surface area contributed by atoms with Crippen LogP contribution < -0.4 is 5.32 Å². The Kier molecular flexibility index (Phi) is 3.57. The van der Waals surface area contributed by atoms with Gasteiger partial charge in [0.05, 0.1) is 7.57 Å². The van der Waals surface area contributed by atoms with Gasteiger partial charge < -0.3 is 5.32 Å². The van der Waals surface area contributed by atoms with Gasteiger partial charge in [-0.15, -0.1) is 11.3 Å². The SMILES string of the molecule is CNC(c1cc(Br)sc1Br)C1C(C)(C)C1(C)C. The lowest BCUT2D eigenvalue weighted by atomic mass is 9.99. The predicted octanol–water partition coefficient (Wildman–Crippen LogP) is 5.22. The summed E-state index contributed by atoms with van der Waals surface area (Å²) in [4.78, 5) is 0. The predicted molar refractivity (Wildman–Crippen MR) is 82.6 cm³/mol. The third-order valence-electron chi connectivity index (χ3n) is 4.79. The van der Waals surface area contributed by atoms with Gasteiger partial charge >= 0.3 is 0 Å². The van der Waals surface area contributed by atoms with Gasteiger partial charge in [0.15, 0.2) is 0 Å². The van der Waals surface area contributed by atoms with E-state index >= 15 is 0 Å². The second kappa shape index (κ2) is 4.32. The monoisotopic (exact) mass is 379 g/mol. The Hall–Kier alpha value is 0.620. The molecule has 1 aliphatic carbocycles. The van der Waals surface area contributed by atoms with Crippen LogP contribution >= 0.6 is 43.2 Å². The molecule has 1 aromatic rings. The van der Waals surface area contributed by atoms with Gasteiger partial charge in [-0.1, -0.05) is 27.7 Å². The molecule has 4 heteroatoms. The van der Waals surface area contributed by atoms with E-state index in [2.05, 4.69) is 78.0 Å². The van der Waals surface area contributed by atoms with E-state index in [-0.39, 0.29) is 0 Å². The molecule has 0 aliphatic heterocycles. The zero-order chi connectivity index (χ0) is 13.0. The van der Waals surface area contributed by atoms with Crippen LogP contribution in [0.5, 0.6) is 0 Å². The Balaban J connectivity index is 2.34. The molecule has 0 amide bonds. The summed E-state index contributed by atoms with van der Waals surface area (Å²) in [6.07, 6.45) is 0. The summed E-state index contributed by atoms with van der Waals surface area (Å²) in [6.45, 7) is 9.49. The van der Waals surface area contributed by atoms with Crippen molar-refractivity contribution in [2.24, 2.45) is 16.7 Å².